The van der Waals surface area contributed by atoms with Crippen molar-refractivity contribution in [3.8, 4) is 0 Å². The molecule has 0 spiro atoms. The van der Waals surface area contributed by atoms with Crippen LogP contribution in [0.2, 0.25) is 0 Å². The van der Waals surface area contributed by atoms with Gasteiger partial charge in [-0.15, -0.1) is 0 Å². The SMILES string of the molecule is Cc1nn(C(C)C)cc1CN1CC2CCCC(N)C2C1. The average Bonchev–Trinajstić information content (AvgIpc) is 2.95. The van der Waals surface area contributed by atoms with Crippen LogP contribution >= 0.6 is 0 Å². The third-order valence-corrected chi connectivity index (χ3v) is 5.17. The van der Waals surface area contributed by atoms with E-state index in [-0.39, 0.29) is 0 Å². The molecule has 3 atom stereocenters. The highest BCUT2D eigenvalue weighted by atomic mass is 15.3. The Hall–Kier alpha value is -0.870. The van der Waals surface area contributed by atoms with Gasteiger partial charge in [0.25, 0.3) is 0 Å². The van der Waals surface area contributed by atoms with Gasteiger partial charge in [0.05, 0.1) is 5.69 Å². The Kier molecular flexibility index (Phi) is 3.87. The van der Waals surface area contributed by atoms with Crippen LogP contribution in [0.5, 0.6) is 0 Å². The molecule has 1 saturated carbocycles. The molecule has 2 fully saturated rings. The van der Waals surface area contributed by atoms with E-state index in [2.05, 4.69) is 41.6 Å². The summed E-state index contributed by atoms with van der Waals surface area (Å²) in [5.74, 6) is 1.56. The molecule has 1 aromatic heterocycles. The molecule has 112 valence electrons. The molecule has 2 N–H and O–H groups in total. The van der Waals surface area contributed by atoms with E-state index in [4.69, 9.17) is 5.73 Å². The first kappa shape index (κ1) is 14.1. The Morgan fingerprint density at radius 2 is 2.15 bits per heavy atom. The minimum absolute atomic E-state index is 0.429. The number of hydrogen-bond acceptors (Lipinski definition) is 3. The maximum atomic E-state index is 6.31. The van der Waals surface area contributed by atoms with E-state index in [0.29, 0.717) is 12.1 Å². The maximum Gasteiger partial charge on any atom is 0.0638 e. The van der Waals surface area contributed by atoms with Crippen LogP contribution in [0.25, 0.3) is 0 Å². The third kappa shape index (κ3) is 2.63. The second-order valence-electron chi connectivity index (χ2n) is 7.03. The fraction of sp³-hybridized carbons (Fsp3) is 0.812. The summed E-state index contributed by atoms with van der Waals surface area (Å²) in [7, 11) is 0. The van der Waals surface area contributed by atoms with Crippen molar-refractivity contribution in [1.82, 2.24) is 14.7 Å². The standard InChI is InChI=1S/C16H28N4/c1-11(2)20-9-14(12(3)18-20)8-19-7-13-5-4-6-16(17)15(13)10-19/h9,11,13,15-16H,4-8,10,17H2,1-3H3. The van der Waals surface area contributed by atoms with Gasteiger partial charge in [0, 0.05) is 43.5 Å². The van der Waals surface area contributed by atoms with Gasteiger partial charge in [0.15, 0.2) is 0 Å². The zero-order valence-electron chi connectivity index (χ0n) is 13.0. The maximum absolute atomic E-state index is 6.31. The molecule has 2 heterocycles. The van der Waals surface area contributed by atoms with Crippen molar-refractivity contribution in [2.24, 2.45) is 17.6 Å². The summed E-state index contributed by atoms with van der Waals surface area (Å²) >= 11 is 0. The van der Waals surface area contributed by atoms with Gasteiger partial charge in [-0.3, -0.25) is 9.58 Å². The molecule has 2 aliphatic rings. The summed E-state index contributed by atoms with van der Waals surface area (Å²) < 4.78 is 2.08. The van der Waals surface area contributed by atoms with E-state index < -0.39 is 0 Å². The summed E-state index contributed by atoms with van der Waals surface area (Å²) in [6.45, 7) is 9.93. The second kappa shape index (κ2) is 5.49. The molecule has 1 aliphatic heterocycles. The number of fused-ring (bicyclic) bond motifs is 1. The minimum Gasteiger partial charge on any atom is -0.327 e. The van der Waals surface area contributed by atoms with Crippen LogP contribution in [0.4, 0.5) is 0 Å². The van der Waals surface area contributed by atoms with Crippen LogP contribution in [0.3, 0.4) is 0 Å². The molecule has 20 heavy (non-hydrogen) atoms. The van der Waals surface area contributed by atoms with Gasteiger partial charge in [0.2, 0.25) is 0 Å². The van der Waals surface area contributed by atoms with Crippen LogP contribution in [0, 0.1) is 18.8 Å². The van der Waals surface area contributed by atoms with E-state index in [1.807, 2.05) is 0 Å². The number of rotatable bonds is 3. The Balaban J connectivity index is 1.67. The van der Waals surface area contributed by atoms with Crippen molar-refractivity contribution in [3.63, 3.8) is 0 Å². The van der Waals surface area contributed by atoms with Crippen molar-refractivity contribution < 1.29 is 0 Å². The predicted molar refractivity (Wildman–Crippen MR) is 81.4 cm³/mol. The first-order chi connectivity index (χ1) is 9.54. The molecule has 3 rings (SSSR count). The topological polar surface area (TPSA) is 47.1 Å². The molecule has 4 heteroatoms. The van der Waals surface area contributed by atoms with E-state index in [9.17, 15) is 0 Å². The summed E-state index contributed by atoms with van der Waals surface area (Å²) in [5.41, 5.74) is 8.87. The predicted octanol–water partition coefficient (Wildman–Crippen LogP) is 2.33. The highest BCUT2D eigenvalue weighted by Crippen LogP contribution is 2.36. The lowest BCUT2D eigenvalue weighted by molar-refractivity contribution is 0.259. The van der Waals surface area contributed by atoms with Crippen LogP contribution < -0.4 is 5.73 Å². The molecular weight excluding hydrogens is 248 g/mol. The van der Waals surface area contributed by atoms with Crippen molar-refractivity contribution in [2.45, 2.75) is 58.7 Å². The van der Waals surface area contributed by atoms with Gasteiger partial charge >= 0.3 is 0 Å². The van der Waals surface area contributed by atoms with E-state index >= 15 is 0 Å². The summed E-state index contributed by atoms with van der Waals surface area (Å²) in [4.78, 5) is 2.59. The van der Waals surface area contributed by atoms with Gasteiger partial charge in [-0.1, -0.05) is 6.42 Å². The molecule has 0 aromatic carbocycles. The molecule has 4 nitrogen and oxygen atoms in total. The largest absolute Gasteiger partial charge is 0.327 e. The molecule has 3 unspecified atom stereocenters. The lowest BCUT2D eigenvalue weighted by atomic mass is 9.78. The highest BCUT2D eigenvalue weighted by molar-refractivity contribution is 5.16. The highest BCUT2D eigenvalue weighted by Gasteiger charge is 2.38. The number of hydrogen-bond donors (Lipinski definition) is 1. The number of nitrogens with zero attached hydrogens (tertiary/aromatic N) is 3. The zero-order chi connectivity index (χ0) is 14.3. The Morgan fingerprint density at radius 1 is 1.35 bits per heavy atom. The number of likely N-dealkylation sites (tertiary alicyclic amines) is 1. The fourth-order valence-corrected chi connectivity index (χ4v) is 3.92. The first-order valence-corrected chi connectivity index (χ1v) is 8.07. The van der Waals surface area contributed by atoms with Crippen molar-refractivity contribution in [2.75, 3.05) is 13.1 Å². The average molecular weight is 276 g/mol. The monoisotopic (exact) mass is 276 g/mol. The summed E-state index contributed by atoms with van der Waals surface area (Å²) in [6, 6.07) is 0.871. The summed E-state index contributed by atoms with van der Waals surface area (Å²) in [5, 5.41) is 4.62. The molecule has 0 amide bonds. The van der Waals surface area contributed by atoms with Crippen molar-refractivity contribution in [1.29, 1.82) is 0 Å². The lowest BCUT2D eigenvalue weighted by Crippen LogP contribution is -2.38. The number of aromatic nitrogens is 2. The second-order valence-corrected chi connectivity index (χ2v) is 7.03. The number of nitrogens with two attached hydrogens (primary N) is 1. The lowest BCUT2D eigenvalue weighted by Gasteiger charge is -2.29. The van der Waals surface area contributed by atoms with Crippen LogP contribution in [-0.2, 0) is 6.54 Å². The normalized spacial score (nSPS) is 30.9. The van der Waals surface area contributed by atoms with Crippen LogP contribution in [0.1, 0.15) is 50.4 Å². The quantitative estimate of drug-likeness (QED) is 0.921. The van der Waals surface area contributed by atoms with E-state index in [0.717, 1.165) is 18.4 Å². The minimum atomic E-state index is 0.429. The summed E-state index contributed by atoms with van der Waals surface area (Å²) in [6.07, 6.45) is 6.14. The van der Waals surface area contributed by atoms with Crippen molar-refractivity contribution in [3.05, 3.63) is 17.5 Å². The Labute approximate surface area is 122 Å². The Bertz CT molecular complexity index is 465. The Morgan fingerprint density at radius 3 is 2.80 bits per heavy atom. The molecule has 1 aromatic rings. The van der Waals surface area contributed by atoms with Gasteiger partial charge in [-0.2, -0.15) is 5.10 Å². The molecular formula is C16H28N4. The smallest absolute Gasteiger partial charge is 0.0638 e. The third-order valence-electron chi connectivity index (χ3n) is 5.17. The van der Waals surface area contributed by atoms with Crippen LogP contribution in [0.15, 0.2) is 6.20 Å². The molecule has 0 bridgehead atoms. The van der Waals surface area contributed by atoms with Gasteiger partial charge in [0.1, 0.15) is 0 Å². The number of aryl methyl sites for hydroxylation is 1. The van der Waals surface area contributed by atoms with Crippen LogP contribution in [-0.4, -0.2) is 33.8 Å². The fourth-order valence-electron chi connectivity index (χ4n) is 3.92. The van der Waals surface area contributed by atoms with E-state index in [1.54, 1.807) is 0 Å². The first-order valence-electron chi connectivity index (χ1n) is 8.07. The van der Waals surface area contributed by atoms with Crippen molar-refractivity contribution >= 4 is 0 Å². The molecule has 1 saturated heterocycles. The van der Waals surface area contributed by atoms with Gasteiger partial charge in [-0.25, -0.2) is 0 Å². The van der Waals surface area contributed by atoms with Gasteiger partial charge in [-0.05, 0) is 45.4 Å². The molecule has 0 radical (unpaired) electrons. The van der Waals surface area contributed by atoms with E-state index in [1.165, 1.54) is 43.6 Å². The molecule has 1 aliphatic carbocycles. The zero-order valence-corrected chi connectivity index (χ0v) is 13.0. The van der Waals surface area contributed by atoms with Gasteiger partial charge < -0.3 is 5.73 Å².